The Morgan fingerprint density at radius 2 is 1.96 bits per heavy atom. The van der Waals surface area contributed by atoms with Gasteiger partial charge in [-0.1, -0.05) is 18.2 Å². The zero-order valence-corrected chi connectivity index (χ0v) is 14.2. The minimum atomic E-state index is -0.0941. The summed E-state index contributed by atoms with van der Waals surface area (Å²) < 4.78 is 5.40. The summed E-state index contributed by atoms with van der Waals surface area (Å²) in [7, 11) is 0. The molecule has 0 saturated carbocycles. The van der Waals surface area contributed by atoms with Crippen LogP contribution >= 0.6 is 0 Å². The largest absolute Gasteiger partial charge is 0.378 e. The highest BCUT2D eigenvalue weighted by molar-refractivity contribution is 6.00. The van der Waals surface area contributed by atoms with Crippen LogP contribution in [-0.4, -0.2) is 37.2 Å². The van der Waals surface area contributed by atoms with Gasteiger partial charge in [0.15, 0.2) is 0 Å². The molecule has 1 aromatic carbocycles. The number of nitrogens with one attached hydrogen (secondary N) is 1. The summed E-state index contributed by atoms with van der Waals surface area (Å²) in [5.74, 6) is -0.0647. The minimum absolute atomic E-state index is 0.0647. The van der Waals surface area contributed by atoms with Crippen molar-refractivity contribution in [1.29, 1.82) is 0 Å². The van der Waals surface area contributed by atoms with E-state index in [2.05, 4.69) is 15.2 Å². The van der Waals surface area contributed by atoms with Crippen molar-refractivity contribution in [3.05, 3.63) is 59.4 Å². The Bertz CT molecular complexity index is 694. The van der Waals surface area contributed by atoms with Crippen molar-refractivity contribution >= 4 is 11.6 Å². The highest BCUT2D eigenvalue weighted by Gasteiger charge is 2.19. The molecule has 5 heteroatoms. The van der Waals surface area contributed by atoms with Crippen LogP contribution in [0.2, 0.25) is 0 Å². The summed E-state index contributed by atoms with van der Waals surface area (Å²) in [4.78, 5) is 19.3. The number of anilines is 1. The first kappa shape index (κ1) is 16.5. The predicted molar refractivity (Wildman–Crippen MR) is 94.3 cm³/mol. The molecule has 1 N–H and O–H groups in total. The number of para-hydroxylation sites is 1. The molecular weight excluding hydrogens is 302 g/mol. The van der Waals surface area contributed by atoms with E-state index in [0.717, 1.165) is 30.0 Å². The normalized spacial score (nSPS) is 15.8. The lowest BCUT2D eigenvalue weighted by Gasteiger charge is -2.30. The Morgan fingerprint density at radius 3 is 2.67 bits per heavy atom. The molecule has 126 valence electrons. The summed E-state index contributed by atoms with van der Waals surface area (Å²) >= 11 is 0. The summed E-state index contributed by atoms with van der Waals surface area (Å²) in [6, 6.07) is 11.6. The fraction of sp³-hybridized carbons (Fsp3) is 0.368. The van der Waals surface area contributed by atoms with Crippen LogP contribution < -0.4 is 10.2 Å². The molecule has 1 aliphatic rings. The van der Waals surface area contributed by atoms with Gasteiger partial charge in [-0.15, -0.1) is 0 Å². The van der Waals surface area contributed by atoms with Gasteiger partial charge in [0.1, 0.15) is 0 Å². The number of morpholine rings is 1. The second-order valence-electron chi connectivity index (χ2n) is 6.04. The molecule has 0 bridgehead atoms. The average Bonchev–Trinajstić information content (AvgIpc) is 2.63. The van der Waals surface area contributed by atoms with E-state index in [1.54, 1.807) is 0 Å². The Kier molecular flexibility index (Phi) is 5.11. The number of hydrogen-bond acceptors (Lipinski definition) is 4. The van der Waals surface area contributed by atoms with Crippen LogP contribution in [-0.2, 0) is 4.74 Å². The molecule has 0 aliphatic carbocycles. The second kappa shape index (κ2) is 7.45. The molecular formula is C19H23N3O2. The highest BCUT2D eigenvalue weighted by Crippen LogP contribution is 2.22. The third-order valence-electron chi connectivity index (χ3n) is 4.28. The van der Waals surface area contributed by atoms with E-state index in [9.17, 15) is 4.79 Å². The van der Waals surface area contributed by atoms with E-state index < -0.39 is 0 Å². The molecule has 24 heavy (non-hydrogen) atoms. The standard InChI is InChI=1S/C19H23N3O2/c1-14-7-8-16(13-20-14)15(2)21-19(23)17-5-3-4-6-18(17)22-9-11-24-12-10-22/h3-8,13,15H,9-12H2,1-2H3,(H,21,23)/t15-/m0/s1. The molecule has 0 spiro atoms. The number of carbonyl (C=O) groups is 1. The lowest BCUT2D eigenvalue weighted by atomic mass is 10.1. The molecule has 1 aliphatic heterocycles. The van der Waals surface area contributed by atoms with Crippen LogP contribution in [0.5, 0.6) is 0 Å². The van der Waals surface area contributed by atoms with E-state index in [0.29, 0.717) is 18.8 Å². The van der Waals surface area contributed by atoms with E-state index in [1.165, 1.54) is 0 Å². The SMILES string of the molecule is Cc1ccc([C@H](C)NC(=O)c2ccccc2N2CCOCC2)cn1. The summed E-state index contributed by atoms with van der Waals surface area (Å²) in [5, 5.41) is 3.07. The van der Waals surface area contributed by atoms with Crippen molar-refractivity contribution in [1.82, 2.24) is 10.3 Å². The third kappa shape index (κ3) is 3.74. The van der Waals surface area contributed by atoms with Crippen LogP contribution in [0.1, 0.15) is 34.6 Å². The molecule has 2 aromatic rings. The molecule has 5 nitrogen and oxygen atoms in total. The summed E-state index contributed by atoms with van der Waals surface area (Å²) in [5.41, 5.74) is 3.63. The Morgan fingerprint density at radius 1 is 1.21 bits per heavy atom. The van der Waals surface area contributed by atoms with E-state index in [4.69, 9.17) is 4.74 Å². The molecule has 3 rings (SSSR count). The van der Waals surface area contributed by atoms with Crippen molar-refractivity contribution in [3.8, 4) is 0 Å². The first-order valence-corrected chi connectivity index (χ1v) is 8.30. The van der Waals surface area contributed by atoms with Crippen LogP contribution in [0.4, 0.5) is 5.69 Å². The third-order valence-corrected chi connectivity index (χ3v) is 4.28. The number of hydrogen-bond donors (Lipinski definition) is 1. The van der Waals surface area contributed by atoms with E-state index in [-0.39, 0.29) is 11.9 Å². The first-order valence-electron chi connectivity index (χ1n) is 8.30. The topological polar surface area (TPSA) is 54.5 Å². The van der Waals surface area contributed by atoms with Gasteiger partial charge in [0.25, 0.3) is 5.91 Å². The monoisotopic (exact) mass is 325 g/mol. The number of pyridine rings is 1. The molecule has 1 atom stereocenters. The number of benzene rings is 1. The molecule has 1 saturated heterocycles. The van der Waals surface area contributed by atoms with Crippen molar-refractivity contribution in [2.45, 2.75) is 19.9 Å². The molecule has 1 aromatic heterocycles. The molecule has 0 radical (unpaired) electrons. The zero-order chi connectivity index (χ0) is 16.9. The smallest absolute Gasteiger partial charge is 0.253 e. The van der Waals surface area contributed by atoms with Gasteiger partial charge in [0.2, 0.25) is 0 Å². The van der Waals surface area contributed by atoms with Crippen LogP contribution in [0.3, 0.4) is 0 Å². The summed E-state index contributed by atoms with van der Waals surface area (Å²) in [6.07, 6.45) is 1.81. The Balaban J connectivity index is 1.76. The number of nitrogens with zero attached hydrogens (tertiary/aromatic N) is 2. The fourth-order valence-electron chi connectivity index (χ4n) is 2.84. The van der Waals surface area contributed by atoms with E-state index in [1.807, 2.05) is 56.4 Å². The average molecular weight is 325 g/mol. The molecule has 1 fully saturated rings. The van der Waals surface area contributed by atoms with Crippen molar-refractivity contribution < 1.29 is 9.53 Å². The van der Waals surface area contributed by atoms with Gasteiger partial charge in [-0.25, -0.2) is 0 Å². The predicted octanol–water partition coefficient (Wildman–Crippen LogP) is 2.72. The van der Waals surface area contributed by atoms with Gasteiger partial charge in [0.05, 0.1) is 24.8 Å². The van der Waals surface area contributed by atoms with Crippen molar-refractivity contribution in [2.24, 2.45) is 0 Å². The minimum Gasteiger partial charge on any atom is -0.378 e. The number of carbonyl (C=O) groups excluding carboxylic acids is 1. The molecule has 0 unspecified atom stereocenters. The zero-order valence-electron chi connectivity index (χ0n) is 14.2. The van der Waals surface area contributed by atoms with E-state index >= 15 is 0 Å². The lowest BCUT2D eigenvalue weighted by molar-refractivity contribution is 0.0938. The maximum Gasteiger partial charge on any atom is 0.253 e. The lowest BCUT2D eigenvalue weighted by Crippen LogP contribution is -2.38. The van der Waals surface area contributed by atoms with Crippen LogP contribution in [0, 0.1) is 6.92 Å². The number of rotatable bonds is 4. The number of ether oxygens (including phenoxy) is 1. The Hall–Kier alpha value is -2.40. The van der Waals surface area contributed by atoms with Gasteiger partial charge in [-0.05, 0) is 37.6 Å². The highest BCUT2D eigenvalue weighted by atomic mass is 16.5. The van der Waals surface area contributed by atoms with Crippen molar-refractivity contribution in [2.75, 3.05) is 31.2 Å². The van der Waals surface area contributed by atoms with Crippen molar-refractivity contribution in [3.63, 3.8) is 0 Å². The number of aryl methyl sites for hydroxylation is 1. The van der Waals surface area contributed by atoms with Gasteiger partial charge in [-0.3, -0.25) is 9.78 Å². The van der Waals surface area contributed by atoms with Gasteiger partial charge >= 0.3 is 0 Å². The second-order valence-corrected chi connectivity index (χ2v) is 6.04. The number of amides is 1. The van der Waals surface area contributed by atoms with Crippen LogP contribution in [0.25, 0.3) is 0 Å². The van der Waals surface area contributed by atoms with Crippen LogP contribution in [0.15, 0.2) is 42.6 Å². The Labute approximate surface area is 142 Å². The quantitative estimate of drug-likeness (QED) is 0.939. The van der Waals surface area contributed by atoms with Gasteiger partial charge in [0, 0.05) is 30.7 Å². The maximum atomic E-state index is 12.8. The number of aromatic nitrogens is 1. The summed E-state index contributed by atoms with van der Waals surface area (Å²) in [6.45, 7) is 6.93. The first-order chi connectivity index (χ1) is 11.6. The molecule has 1 amide bonds. The fourth-order valence-corrected chi connectivity index (χ4v) is 2.84. The molecule has 2 heterocycles. The van der Waals surface area contributed by atoms with Gasteiger partial charge < -0.3 is 15.0 Å². The maximum absolute atomic E-state index is 12.8. The van der Waals surface area contributed by atoms with Gasteiger partial charge in [-0.2, -0.15) is 0 Å².